The van der Waals surface area contributed by atoms with Crippen molar-refractivity contribution in [3.05, 3.63) is 64.3 Å². The quantitative estimate of drug-likeness (QED) is 0.686. The number of nitrogens with zero attached hydrogens (tertiary/aromatic N) is 2. The summed E-state index contributed by atoms with van der Waals surface area (Å²) in [6.07, 6.45) is 0.322. The second-order valence-corrected chi connectivity index (χ2v) is 5.61. The summed E-state index contributed by atoms with van der Waals surface area (Å²) in [7, 11) is 1.90. The molecule has 0 aliphatic carbocycles. The van der Waals surface area contributed by atoms with E-state index >= 15 is 0 Å². The summed E-state index contributed by atoms with van der Waals surface area (Å²) in [6.45, 7) is 0. The Kier molecular flexibility index (Phi) is 3.40. The van der Waals surface area contributed by atoms with Crippen LogP contribution in [0.5, 0.6) is 0 Å². The minimum Gasteiger partial charge on any atom is -0.294 e. The van der Waals surface area contributed by atoms with Gasteiger partial charge in [-0.1, -0.05) is 46.3 Å². The molecule has 3 aromatic rings. The maximum atomic E-state index is 12.3. The average Bonchev–Trinajstić information content (AvgIpc) is 2.77. The Balaban J connectivity index is 1.93. The Hall–Kier alpha value is -1.94. The number of carbonyl (C=O) groups is 1. The van der Waals surface area contributed by atoms with E-state index < -0.39 is 0 Å². The van der Waals surface area contributed by atoms with Crippen LogP contribution in [0.3, 0.4) is 0 Å². The molecule has 0 saturated carbocycles. The van der Waals surface area contributed by atoms with Gasteiger partial charge in [-0.3, -0.25) is 9.48 Å². The predicted molar refractivity (Wildman–Crippen MR) is 82.9 cm³/mol. The van der Waals surface area contributed by atoms with E-state index in [1.54, 1.807) is 0 Å². The van der Waals surface area contributed by atoms with Crippen LogP contribution in [0.15, 0.2) is 53.0 Å². The highest BCUT2D eigenvalue weighted by Crippen LogP contribution is 2.19. The zero-order valence-electron chi connectivity index (χ0n) is 11.0. The maximum absolute atomic E-state index is 12.3. The maximum Gasteiger partial charge on any atom is 0.168 e. The molecule has 0 saturated heterocycles. The van der Waals surface area contributed by atoms with Crippen LogP contribution in [-0.2, 0) is 13.5 Å². The molecule has 0 N–H and O–H groups in total. The largest absolute Gasteiger partial charge is 0.294 e. The zero-order chi connectivity index (χ0) is 14.1. The van der Waals surface area contributed by atoms with Gasteiger partial charge in [0.15, 0.2) is 5.78 Å². The number of aromatic nitrogens is 2. The first kappa shape index (κ1) is 13.1. The second-order valence-electron chi connectivity index (χ2n) is 4.69. The van der Waals surface area contributed by atoms with Crippen LogP contribution in [-0.4, -0.2) is 15.6 Å². The van der Waals surface area contributed by atoms with E-state index in [0.29, 0.717) is 12.0 Å². The number of fused-ring (bicyclic) bond motifs is 1. The first-order valence-electron chi connectivity index (χ1n) is 6.34. The van der Waals surface area contributed by atoms with Gasteiger partial charge in [0.05, 0.1) is 17.6 Å². The summed E-state index contributed by atoms with van der Waals surface area (Å²) < 4.78 is 2.79. The van der Waals surface area contributed by atoms with Crippen molar-refractivity contribution in [1.29, 1.82) is 0 Å². The van der Waals surface area contributed by atoms with Gasteiger partial charge in [-0.15, -0.1) is 0 Å². The number of hydrogen-bond acceptors (Lipinski definition) is 2. The van der Waals surface area contributed by atoms with Gasteiger partial charge in [0.1, 0.15) is 0 Å². The fraction of sp³-hybridized carbons (Fsp3) is 0.125. The van der Waals surface area contributed by atoms with Gasteiger partial charge >= 0.3 is 0 Å². The Morgan fingerprint density at radius 2 is 1.85 bits per heavy atom. The highest BCUT2D eigenvalue weighted by Gasteiger charge is 2.13. The van der Waals surface area contributed by atoms with Gasteiger partial charge in [-0.2, -0.15) is 5.10 Å². The van der Waals surface area contributed by atoms with E-state index in [1.165, 1.54) is 0 Å². The van der Waals surface area contributed by atoms with Crippen molar-refractivity contribution in [2.45, 2.75) is 6.42 Å². The molecule has 0 bridgehead atoms. The van der Waals surface area contributed by atoms with Crippen LogP contribution in [0.25, 0.3) is 10.9 Å². The SMILES string of the molecule is Cn1nc(CC(=O)c2ccc(Br)cc2)c2ccccc21. The van der Waals surface area contributed by atoms with Gasteiger partial charge in [-0.25, -0.2) is 0 Å². The smallest absolute Gasteiger partial charge is 0.168 e. The van der Waals surface area contributed by atoms with E-state index in [4.69, 9.17) is 0 Å². The highest BCUT2D eigenvalue weighted by atomic mass is 79.9. The summed E-state index contributed by atoms with van der Waals surface area (Å²) >= 11 is 3.37. The Morgan fingerprint density at radius 3 is 2.60 bits per heavy atom. The van der Waals surface area contributed by atoms with Crippen LogP contribution in [0.1, 0.15) is 16.1 Å². The molecule has 4 heteroatoms. The summed E-state index contributed by atoms with van der Waals surface area (Å²) in [4.78, 5) is 12.3. The molecule has 3 rings (SSSR count). The molecular formula is C16H13BrN2O. The number of aryl methyl sites for hydroxylation is 1. The highest BCUT2D eigenvalue weighted by molar-refractivity contribution is 9.10. The third-order valence-corrected chi connectivity index (χ3v) is 3.86. The van der Waals surface area contributed by atoms with Crippen LogP contribution in [0.4, 0.5) is 0 Å². The molecule has 2 aromatic carbocycles. The second kappa shape index (κ2) is 5.21. The molecule has 0 unspecified atom stereocenters. The third kappa shape index (κ3) is 2.39. The molecule has 0 radical (unpaired) electrons. The lowest BCUT2D eigenvalue weighted by Crippen LogP contribution is -2.04. The molecule has 0 atom stereocenters. The standard InChI is InChI=1S/C16H13BrN2O/c1-19-15-5-3-2-4-13(15)14(18-19)10-16(20)11-6-8-12(17)9-7-11/h2-9H,10H2,1H3. The number of halogens is 1. The van der Waals surface area contributed by atoms with Crippen LogP contribution >= 0.6 is 15.9 Å². The number of carbonyl (C=O) groups excluding carboxylic acids is 1. The minimum atomic E-state index is 0.0846. The lowest BCUT2D eigenvalue weighted by atomic mass is 10.0. The van der Waals surface area contributed by atoms with Crippen molar-refractivity contribution in [2.24, 2.45) is 7.05 Å². The molecule has 0 amide bonds. The summed E-state index contributed by atoms with van der Waals surface area (Å²) in [5.74, 6) is 0.0846. The molecule has 0 aliphatic heterocycles. The number of para-hydroxylation sites is 1. The lowest BCUT2D eigenvalue weighted by Gasteiger charge is -2.00. The Labute approximate surface area is 125 Å². The van der Waals surface area contributed by atoms with Gasteiger partial charge in [0, 0.05) is 22.5 Å². The van der Waals surface area contributed by atoms with Crippen molar-refractivity contribution < 1.29 is 4.79 Å². The monoisotopic (exact) mass is 328 g/mol. The molecule has 1 aromatic heterocycles. The summed E-state index contributed by atoms with van der Waals surface area (Å²) in [5.41, 5.74) is 2.59. The van der Waals surface area contributed by atoms with Gasteiger partial charge < -0.3 is 0 Å². The molecule has 3 nitrogen and oxygen atoms in total. The molecule has 100 valence electrons. The Morgan fingerprint density at radius 1 is 1.15 bits per heavy atom. The molecule has 20 heavy (non-hydrogen) atoms. The van der Waals surface area contributed by atoms with Crippen LogP contribution in [0.2, 0.25) is 0 Å². The molecule has 0 spiro atoms. The van der Waals surface area contributed by atoms with Gasteiger partial charge in [0.25, 0.3) is 0 Å². The van der Waals surface area contributed by atoms with E-state index in [9.17, 15) is 4.79 Å². The predicted octanol–water partition coefficient (Wildman–Crippen LogP) is 3.76. The first-order chi connectivity index (χ1) is 9.65. The number of hydrogen-bond donors (Lipinski definition) is 0. The Bertz CT molecular complexity index is 775. The van der Waals surface area contributed by atoms with Crippen molar-refractivity contribution in [1.82, 2.24) is 9.78 Å². The molecular weight excluding hydrogens is 316 g/mol. The van der Waals surface area contributed by atoms with Crippen molar-refractivity contribution in [2.75, 3.05) is 0 Å². The molecule has 0 fully saturated rings. The summed E-state index contributed by atoms with van der Waals surface area (Å²) in [5, 5.41) is 5.50. The van der Waals surface area contributed by atoms with E-state index in [0.717, 1.165) is 21.1 Å². The third-order valence-electron chi connectivity index (χ3n) is 3.33. The van der Waals surface area contributed by atoms with E-state index in [1.807, 2.05) is 60.3 Å². The van der Waals surface area contributed by atoms with E-state index in [2.05, 4.69) is 21.0 Å². The van der Waals surface area contributed by atoms with Crippen molar-refractivity contribution in [3.8, 4) is 0 Å². The molecule has 1 heterocycles. The lowest BCUT2D eigenvalue weighted by molar-refractivity contribution is 0.0992. The number of ketones is 1. The van der Waals surface area contributed by atoms with Gasteiger partial charge in [-0.05, 0) is 18.2 Å². The van der Waals surface area contributed by atoms with Crippen LogP contribution in [0, 0.1) is 0 Å². The number of rotatable bonds is 3. The first-order valence-corrected chi connectivity index (χ1v) is 7.14. The summed E-state index contributed by atoms with van der Waals surface area (Å²) in [6, 6.07) is 15.4. The van der Waals surface area contributed by atoms with Crippen molar-refractivity contribution >= 4 is 32.6 Å². The zero-order valence-corrected chi connectivity index (χ0v) is 12.6. The number of benzene rings is 2. The van der Waals surface area contributed by atoms with Crippen LogP contribution < -0.4 is 0 Å². The fourth-order valence-corrected chi connectivity index (χ4v) is 2.57. The molecule has 0 aliphatic rings. The normalized spacial score (nSPS) is 10.9. The van der Waals surface area contributed by atoms with E-state index in [-0.39, 0.29) is 5.78 Å². The minimum absolute atomic E-state index is 0.0846. The van der Waals surface area contributed by atoms with Crippen molar-refractivity contribution in [3.63, 3.8) is 0 Å². The average molecular weight is 329 g/mol. The fourth-order valence-electron chi connectivity index (χ4n) is 2.31. The number of Topliss-reactive ketones (excluding diaryl/α,β-unsaturated/α-hetero) is 1. The topological polar surface area (TPSA) is 34.9 Å². The van der Waals surface area contributed by atoms with Gasteiger partial charge in [0.2, 0.25) is 0 Å².